The molecule has 0 radical (unpaired) electrons. The molecule has 0 aromatic carbocycles. The first-order valence-corrected chi connectivity index (χ1v) is 6.45. The van der Waals surface area contributed by atoms with E-state index in [4.69, 9.17) is 44.9 Å². The van der Waals surface area contributed by atoms with E-state index in [2.05, 4.69) is 0 Å². The SMILES string of the molecule is OCCN(CCO)C(=S)C(=S)N(CCO)CCO. The van der Waals surface area contributed by atoms with Crippen LogP contribution in [0.25, 0.3) is 0 Å². The summed E-state index contributed by atoms with van der Waals surface area (Å²) in [5, 5.41) is 35.7. The molecule has 0 fully saturated rings. The lowest BCUT2D eigenvalue weighted by Gasteiger charge is -2.30. The number of thiocarbonyl (C=S) groups is 2. The van der Waals surface area contributed by atoms with Gasteiger partial charge in [0.2, 0.25) is 0 Å². The smallest absolute Gasteiger partial charge is 0.137 e. The summed E-state index contributed by atoms with van der Waals surface area (Å²) in [6.07, 6.45) is 0. The molecule has 0 aliphatic carbocycles. The molecule has 0 aromatic heterocycles. The van der Waals surface area contributed by atoms with Crippen LogP contribution in [-0.2, 0) is 0 Å². The van der Waals surface area contributed by atoms with Crippen molar-refractivity contribution in [3.05, 3.63) is 0 Å². The maximum Gasteiger partial charge on any atom is 0.137 e. The third kappa shape index (κ3) is 5.98. The second-order valence-electron chi connectivity index (χ2n) is 3.48. The van der Waals surface area contributed by atoms with Crippen LogP contribution in [-0.4, -0.2) is 92.8 Å². The highest BCUT2D eigenvalue weighted by Gasteiger charge is 2.18. The molecule has 0 aliphatic rings. The van der Waals surface area contributed by atoms with Crippen molar-refractivity contribution >= 4 is 34.4 Å². The molecule has 0 amide bonds. The average molecular weight is 296 g/mol. The molecule has 0 heterocycles. The fraction of sp³-hybridized carbons (Fsp3) is 0.800. The number of aliphatic hydroxyl groups is 4. The van der Waals surface area contributed by atoms with Gasteiger partial charge in [-0.2, -0.15) is 0 Å². The van der Waals surface area contributed by atoms with Gasteiger partial charge in [0.15, 0.2) is 0 Å². The van der Waals surface area contributed by atoms with E-state index in [1.54, 1.807) is 9.80 Å². The molecule has 0 atom stereocenters. The van der Waals surface area contributed by atoms with Crippen LogP contribution in [0.3, 0.4) is 0 Å². The maximum atomic E-state index is 8.92. The van der Waals surface area contributed by atoms with Gasteiger partial charge in [-0.05, 0) is 0 Å². The minimum Gasteiger partial charge on any atom is -0.395 e. The highest BCUT2D eigenvalue weighted by Crippen LogP contribution is 2.01. The zero-order valence-electron chi connectivity index (χ0n) is 10.2. The van der Waals surface area contributed by atoms with Gasteiger partial charge in [-0.25, -0.2) is 0 Å². The van der Waals surface area contributed by atoms with E-state index in [-0.39, 0.29) is 52.6 Å². The van der Waals surface area contributed by atoms with Crippen molar-refractivity contribution in [2.24, 2.45) is 0 Å². The van der Waals surface area contributed by atoms with Crippen LogP contribution in [0.15, 0.2) is 0 Å². The monoisotopic (exact) mass is 296 g/mol. The second kappa shape index (κ2) is 10.5. The van der Waals surface area contributed by atoms with Gasteiger partial charge in [-0.15, -0.1) is 0 Å². The molecular weight excluding hydrogens is 276 g/mol. The molecule has 4 N–H and O–H groups in total. The Morgan fingerprint density at radius 3 is 1.00 bits per heavy atom. The Morgan fingerprint density at radius 2 is 0.833 bits per heavy atom. The predicted octanol–water partition coefficient (Wildman–Crippen LogP) is -1.79. The van der Waals surface area contributed by atoms with Crippen LogP contribution in [0, 0.1) is 0 Å². The molecule has 8 heteroatoms. The highest BCUT2D eigenvalue weighted by atomic mass is 32.1. The van der Waals surface area contributed by atoms with Gasteiger partial charge in [-0.1, -0.05) is 24.4 Å². The molecule has 0 spiro atoms. The normalized spacial score (nSPS) is 10.2. The number of hydrogen-bond acceptors (Lipinski definition) is 6. The molecule has 0 saturated heterocycles. The number of hydrogen-bond donors (Lipinski definition) is 4. The first-order valence-electron chi connectivity index (χ1n) is 5.64. The largest absolute Gasteiger partial charge is 0.395 e. The molecule has 0 saturated carbocycles. The summed E-state index contributed by atoms with van der Waals surface area (Å²) in [4.78, 5) is 3.85. The summed E-state index contributed by atoms with van der Waals surface area (Å²) in [6.45, 7) is 0.755. The van der Waals surface area contributed by atoms with Gasteiger partial charge in [0, 0.05) is 26.2 Å². The fourth-order valence-corrected chi connectivity index (χ4v) is 2.01. The molecule has 0 bridgehead atoms. The molecule has 18 heavy (non-hydrogen) atoms. The Labute approximate surface area is 117 Å². The van der Waals surface area contributed by atoms with E-state index in [0.717, 1.165) is 0 Å². The molecule has 0 unspecified atom stereocenters. The van der Waals surface area contributed by atoms with E-state index >= 15 is 0 Å². The van der Waals surface area contributed by atoms with Crippen molar-refractivity contribution in [3.8, 4) is 0 Å². The Balaban J connectivity index is 4.63. The molecule has 0 aromatic rings. The molecule has 6 nitrogen and oxygen atoms in total. The van der Waals surface area contributed by atoms with Gasteiger partial charge in [-0.3, -0.25) is 0 Å². The van der Waals surface area contributed by atoms with Crippen molar-refractivity contribution in [1.82, 2.24) is 9.80 Å². The lowest BCUT2D eigenvalue weighted by molar-refractivity contribution is 0.207. The topological polar surface area (TPSA) is 87.4 Å². The van der Waals surface area contributed by atoms with Crippen LogP contribution >= 0.6 is 24.4 Å². The number of nitrogens with zero attached hydrogens (tertiary/aromatic N) is 2. The van der Waals surface area contributed by atoms with Gasteiger partial charge < -0.3 is 30.2 Å². The number of aliphatic hydroxyl groups excluding tert-OH is 4. The molecule has 0 rings (SSSR count). The summed E-state index contributed by atoms with van der Waals surface area (Å²) in [6, 6.07) is 0. The summed E-state index contributed by atoms with van der Waals surface area (Å²) >= 11 is 10.4. The van der Waals surface area contributed by atoms with Crippen molar-refractivity contribution < 1.29 is 20.4 Å². The minimum absolute atomic E-state index is 0.0945. The molecule has 0 aliphatic heterocycles. The third-order valence-corrected chi connectivity index (χ3v) is 3.27. The lowest BCUT2D eigenvalue weighted by atomic mass is 10.4. The van der Waals surface area contributed by atoms with Gasteiger partial charge in [0.25, 0.3) is 0 Å². The zero-order chi connectivity index (χ0) is 14.0. The first kappa shape index (κ1) is 17.6. The van der Waals surface area contributed by atoms with Crippen molar-refractivity contribution in [2.75, 3.05) is 52.6 Å². The van der Waals surface area contributed by atoms with Crippen LogP contribution in [0.5, 0.6) is 0 Å². The average Bonchev–Trinajstić information content (AvgIpc) is 2.36. The van der Waals surface area contributed by atoms with E-state index < -0.39 is 0 Å². The summed E-state index contributed by atoms with van der Waals surface area (Å²) < 4.78 is 0. The fourth-order valence-electron chi connectivity index (χ4n) is 1.38. The van der Waals surface area contributed by atoms with E-state index in [1.807, 2.05) is 0 Å². The minimum atomic E-state index is -0.0945. The summed E-state index contributed by atoms with van der Waals surface area (Å²) in [5.41, 5.74) is 0. The maximum absolute atomic E-state index is 8.92. The van der Waals surface area contributed by atoms with Gasteiger partial charge in [0.05, 0.1) is 26.4 Å². The quantitative estimate of drug-likeness (QED) is 0.391. The Morgan fingerprint density at radius 1 is 0.611 bits per heavy atom. The Bertz CT molecular complexity index is 228. The van der Waals surface area contributed by atoms with Crippen molar-refractivity contribution in [2.45, 2.75) is 0 Å². The first-order chi connectivity index (χ1) is 8.62. The molecule has 106 valence electrons. The Hall–Kier alpha value is -0.380. The third-order valence-electron chi connectivity index (χ3n) is 2.24. The van der Waals surface area contributed by atoms with Crippen LogP contribution in [0.1, 0.15) is 0 Å². The lowest BCUT2D eigenvalue weighted by Crippen LogP contribution is -2.46. The number of rotatable bonds is 8. The van der Waals surface area contributed by atoms with E-state index in [9.17, 15) is 0 Å². The van der Waals surface area contributed by atoms with Gasteiger partial charge >= 0.3 is 0 Å². The van der Waals surface area contributed by atoms with Crippen LogP contribution in [0.2, 0.25) is 0 Å². The Kier molecular flexibility index (Phi) is 10.3. The van der Waals surface area contributed by atoms with Gasteiger partial charge in [0.1, 0.15) is 9.98 Å². The van der Waals surface area contributed by atoms with Crippen LogP contribution in [0.4, 0.5) is 0 Å². The van der Waals surface area contributed by atoms with Crippen LogP contribution < -0.4 is 0 Å². The highest BCUT2D eigenvalue weighted by molar-refractivity contribution is 7.89. The zero-order valence-corrected chi connectivity index (χ0v) is 11.8. The van der Waals surface area contributed by atoms with Crippen molar-refractivity contribution in [3.63, 3.8) is 0 Å². The van der Waals surface area contributed by atoms with E-state index in [1.165, 1.54) is 0 Å². The van der Waals surface area contributed by atoms with E-state index in [0.29, 0.717) is 9.98 Å². The predicted molar refractivity (Wildman–Crippen MR) is 76.7 cm³/mol. The molecular formula is C10H20N2O4S2. The summed E-state index contributed by atoms with van der Waals surface area (Å²) in [5.74, 6) is 0. The summed E-state index contributed by atoms with van der Waals surface area (Å²) in [7, 11) is 0. The van der Waals surface area contributed by atoms with Crippen molar-refractivity contribution in [1.29, 1.82) is 0 Å². The second-order valence-corrected chi connectivity index (χ2v) is 4.25. The standard InChI is InChI=1S/C10H20N2O4S2/c13-5-1-11(2-6-14)9(17)10(18)12(3-7-15)4-8-16/h13-16H,1-8H2.